The average molecular weight is 606 g/mol. The molecule has 0 aliphatic carbocycles. The van der Waals surface area contributed by atoms with Gasteiger partial charge in [0.25, 0.3) is 0 Å². The molecular weight excluding hydrogens is 573 g/mol. The highest BCUT2D eigenvalue weighted by molar-refractivity contribution is 6.10. The largest absolute Gasteiger partial charge is 0.309 e. The van der Waals surface area contributed by atoms with Crippen LogP contribution in [-0.4, -0.2) is 19.5 Å². The summed E-state index contributed by atoms with van der Waals surface area (Å²) < 4.78 is 43.7. The SMILES string of the molecule is [2H]c1c([2H])c([2H])c(-n2c3ccncc3c3cc(-c4ccc(-c5cc(-c6ccc7ccccc7c6)nc(-c6ccccn6)c5)cc4)ccc32)c([2H])c1[2H]. The number of para-hydroxylation sites is 1. The van der Waals surface area contributed by atoms with Crippen molar-refractivity contribution >= 4 is 32.6 Å². The van der Waals surface area contributed by atoms with Gasteiger partial charge in [0.05, 0.1) is 35.0 Å². The lowest BCUT2D eigenvalue weighted by Crippen LogP contribution is -1.93. The maximum atomic E-state index is 8.67. The average Bonchev–Trinajstić information content (AvgIpc) is 3.52. The second kappa shape index (κ2) is 11.2. The first-order valence-electron chi connectivity index (χ1n) is 17.8. The summed E-state index contributed by atoms with van der Waals surface area (Å²) >= 11 is 0. The first-order valence-corrected chi connectivity index (χ1v) is 15.3. The van der Waals surface area contributed by atoms with Crippen LogP contribution in [0.15, 0.2) is 170 Å². The smallest absolute Gasteiger partial charge is 0.0899 e. The van der Waals surface area contributed by atoms with Gasteiger partial charge in [0.1, 0.15) is 0 Å². The molecule has 0 unspecified atom stereocenters. The van der Waals surface area contributed by atoms with Crippen molar-refractivity contribution in [3.63, 3.8) is 0 Å². The zero-order chi connectivity index (χ0) is 35.5. The summed E-state index contributed by atoms with van der Waals surface area (Å²) in [6.45, 7) is 0. The van der Waals surface area contributed by atoms with Crippen LogP contribution >= 0.6 is 0 Å². The fraction of sp³-hybridized carbons (Fsp3) is 0. The lowest BCUT2D eigenvalue weighted by atomic mass is 9.97. The van der Waals surface area contributed by atoms with Crippen LogP contribution in [0.4, 0.5) is 0 Å². The number of pyridine rings is 3. The molecule has 220 valence electrons. The topological polar surface area (TPSA) is 43.6 Å². The van der Waals surface area contributed by atoms with Crippen molar-refractivity contribution < 1.29 is 6.85 Å². The molecule has 0 radical (unpaired) electrons. The number of hydrogen-bond acceptors (Lipinski definition) is 3. The minimum atomic E-state index is -0.420. The van der Waals surface area contributed by atoms with Gasteiger partial charge in [0.2, 0.25) is 0 Å². The highest BCUT2D eigenvalue weighted by Gasteiger charge is 2.14. The molecule has 47 heavy (non-hydrogen) atoms. The molecule has 0 saturated heterocycles. The molecule has 0 fully saturated rings. The number of aromatic nitrogens is 4. The number of benzene rings is 5. The Balaban J connectivity index is 1.14. The number of rotatable bonds is 5. The van der Waals surface area contributed by atoms with E-state index in [-0.39, 0.29) is 29.9 Å². The van der Waals surface area contributed by atoms with Crippen LogP contribution in [0.1, 0.15) is 6.85 Å². The van der Waals surface area contributed by atoms with E-state index in [1.165, 1.54) is 5.39 Å². The molecule has 4 nitrogen and oxygen atoms in total. The molecule has 4 heteroatoms. The molecule has 5 aromatic carbocycles. The van der Waals surface area contributed by atoms with E-state index in [9.17, 15) is 0 Å². The minimum absolute atomic E-state index is 0.111. The molecule has 0 atom stereocenters. The van der Waals surface area contributed by atoms with E-state index in [1.807, 2.05) is 48.5 Å². The molecule has 0 aliphatic rings. The standard InChI is InChI=1S/C43H28N4/c1-2-10-36(11-3-1)47-42-20-19-33(25-37(42)38-28-44-23-21-43(38)47)30-13-15-31(16-14-30)35-26-40(46-41(27-35)39-12-6-7-22-45-39)34-18-17-29-8-4-5-9-32(29)24-34/h1-28H/i1D,2D,3D,10D,11D. The third-order valence-corrected chi connectivity index (χ3v) is 8.63. The number of fused-ring (bicyclic) bond motifs is 4. The monoisotopic (exact) mass is 605 g/mol. The van der Waals surface area contributed by atoms with Crippen LogP contribution in [0.5, 0.6) is 0 Å². The second-order valence-electron chi connectivity index (χ2n) is 11.4. The number of nitrogens with zero attached hydrogens (tertiary/aromatic N) is 4. The quantitative estimate of drug-likeness (QED) is 0.196. The maximum absolute atomic E-state index is 8.67. The summed E-state index contributed by atoms with van der Waals surface area (Å²) in [5.74, 6) is 0. The zero-order valence-electron chi connectivity index (χ0n) is 30.1. The molecule has 0 spiro atoms. The van der Waals surface area contributed by atoms with Crippen molar-refractivity contribution in [3.05, 3.63) is 170 Å². The van der Waals surface area contributed by atoms with E-state index in [0.717, 1.165) is 66.6 Å². The Kier molecular flexibility index (Phi) is 5.28. The third kappa shape index (κ3) is 4.84. The molecule has 4 heterocycles. The van der Waals surface area contributed by atoms with E-state index in [1.54, 1.807) is 23.2 Å². The van der Waals surface area contributed by atoms with Crippen molar-refractivity contribution in [3.8, 4) is 50.6 Å². The normalized spacial score (nSPS) is 12.9. The van der Waals surface area contributed by atoms with Gasteiger partial charge in [0.15, 0.2) is 0 Å². The Morgan fingerprint density at radius 2 is 1.21 bits per heavy atom. The van der Waals surface area contributed by atoms with Crippen LogP contribution in [-0.2, 0) is 0 Å². The minimum Gasteiger partial charge on any atom is -0.309 e. The van der Waals surface area contributed by atoms with Gasteiger partial charge in [-0.25, -0.2) is 4.98 Å². The summed E-state index contributed by atoms with van der Waals surface area (Å²) in [6.07, 6.45) is 5.19. The fourth-order valence-electron chi connectivity index (χ4n) is 6.34. The van der Waals surface area contributed by atoms with Gasteiger partial charge < -0.3 is 4.57 Å². The van der Waals surface area contributed by atoms with Gasteiger partial charge in [-0.15, -0.1) is 0 Å². The van der Waals surface area contributed by atoms with Gasteiger partial charge in [-0.3, -0.25) is 9.97 Å². The zero-order valence-corrected chi connectivity index (χ0v) is 25.1. The fourth-order valence-corrected chi connectivity index (χ4v) is 6.34. The Morgan fingerprint density at radius 1 is 0.489 bits per heavy atom. The van der Waals surface area contributed by atoms with Gasteiger partial charge in [0, 0.05) is 40.6 Å². The van der Waals surface area contributed by atoms with Crippen LogP contribution in [0, 0.1) is 0 Å². The van der Waals surface area contributed by atoms with Crippen molar-refractivity contribution in [2.45, 2.75) is 0 Å². The van der Waals surface area contributed by atoms with E-state index in [2.05, 4.69) is 82.8 Å². The summed E-state index contributed by atoms with van der Waals surface area (Å²) in [7, 11) is 0. The molecule has 9 rings (SSSR count). The van der Waals surface area contributed by atoms with Crippen LogP contribution in [0.2, 0.25) is 0 Å². The molecule has 4 aromatic heterocycles. The van der Waals surface area contributed by atoms with Crippen molar-refractivity contribution in [1.29, 1.82) is 0 Å². The molecule has 0 N–H and O–H groups in total. The first kappa shape index (κ1) is 22.2. The molecule has 0 aliphatic heterocycles. The molecule has 0 amide bonds. The summed E-state index contributed by atoms with van der Waals surface area (Å²) in [5, 5.41) is 4.02. The third-order valence-electron chi connectivity index (χ3n) is 8.63. The van der Waals surface area contributed by atoms with Crippen LogP contribution < -0.4 is 0 Å². The maximum Gasteiger partial charge on any atom is 0.0899 e. The Hall–Kier alpha value is -6.39. The summed E-state index contributed by atoms with van der Waals surface area (Å²) in [4.78, 5) is 14.0. The lowest BCUT2D eigenvalue weighted by Gasteiger charge is -2.11. The van der Waals surface area contributed by atoms with Crippen molar-refractivity contribution in [2.24, 2.45) is 0 Å². The predicted molar refractivity (Wildman–Crippen MR) is 193 cm³/mol. The molecule has 0 saturated carbocycles. The van der Waals surface area contributed by atoms with Gasteiger partial charge >= 0.3 is 0 Å². The molecule has 0 bridgehead atoms. The highest BCUT2D eigenvalue weighted by atomic mass is 15.0. The Morgan fingerprint density at radius 3 is 2.04 bits per heavy atom. The van der Waals surface area contributed by atoms with E-state index >= 15 is 0 Å². The van der Waals surface area contributed by atoms with E-state index < -0.39 is 6.04 Å². The lowest BCUT2D eigenvalue weighted by molar-refractivity contribution is 1.17. The van der Waals surface area contributed by atoms with Crippen molar-refractivity contribution in [2.75, 3.05) is 0 Å². The van der Waals surface area contributed by atoms with Gasteiger partial charge in [-0.1, -0.05) is 90.9 Å². The highest BCUT2D eigenvalue weighted by Crippen LogP contribution is 2.36. The van der Waals surface area contributed by atoms with Crippen LogP contribution in [0.3, 0.4) is 0 Å². The predicted octanol–water partition coefficient (Wildman–Crippen LogP) is 10.8. The molecular formula is C43H28N4. The first-order chi connectivity index (χ1) is 25.4. The Labute approximate surface area is 279 Å². The second-order valence-corrected chi connectivity index (χ2v) is 11.4. The Bertz CT molecular complexity index is 2820. The van der Waals surface area contributed by atoms with E-state index in [4.69, 9.17) is 11.8 Å². The van der Waals surface area contributed by atoms with Gasteiger partial charge in [-0.05, 0) is 93.6 Å². The molecule has 9 aromatic rings. The van der Waals surface area contributed by atoms with Gasteiger partial charge in [-0.2, -0.15) is 0 Å². The van der Waals surface area contributed by atoms with Crippen LogP contribution in [0.25, 0.3) is 83.2 Å². The van der Waals surface area contributed by atoms with E-state index in [0.29, 0.717) is 5.52 Å². The number of hydrogen-bond donors (Lipinski definition) is 0. The summed E-state index contributed by atoms with van der Waals surface area (Å²) in [5.41, 5.74) is 9.06. The summed E-state index contributed by atoms with van der Waals surface area (Å²) in [6, 6.07) is 39.3. The van der Waals surface area contributed by atoms with Crippen molar-refractivity contribution in [1.82, 2.24) is 19.5 Å².